The maximum Gasteiger partial charge on any atom is 0.120 e. The van der Waals surface area contributed by atoms with Crippen molar-refractivity contribution in [2.45, 2.75) is 51.0 Å². The van der Waals surface area contributed by atoms with Crippen molar-refractivity contribution in [3.63, 3.8) is 0 Å². The molecule has 1 saturated carbocycles. The highest BCUT2D eigenvalue weighted by Gasteiger charge is 2.18. The molecule has 0 amide bonds. The Hall–Kier alpha value is -0.540. The topological polar surface area (TPSA) is 21.3 Å². The van der Waals surface area contributed by atoms with Crippen LogP contribution in [0.5, 0.6) is 5.75 Å². The molecule has 1 unspecified atom stereocenters. The molecule has 1 aliphatic carbocycles. The summed E-state index contributed by atoms with van der Waals surface area (Å²) >= 11 is 3.62. The van der Waals surface area contributed by atoms with Crippen LogP contribution in [0.25, 0.3) is 0 Å². The van der Waals surface area contributed by atoms with Gasteiger partial charge in [0.2, 0.25) is 0 Å². The summed E-state index contributed by atoms with van der Waals surface area (Å²) in [6.07, 6.45) is 9.15. The molecule has 1 heterocycles. The molecule has 0 spiro atoms. The molecule has 2 nitrogen and oxygen atoms in total. The van der Waals surface area contributed by atoms with E-state index < -0.39 is 0 Å². The third kappa shape index (κ3) is 3.98. The fourth-order valence-electron chi connectivity index (χ4n) is 3.08. The highest BCUT2D eigenvalue weighted by molar-refractivity contribution is 9.10. The Morgan fingerprint density at radius 2 is 2.00 bits per heavy atom. The predicted octanol–water partition coefficient (Wildman–Crippen LogP) is 4.31. The van der Waals surface area contributed by atoms with Gasteiger partial charge in [-0.15, -0.1) is 0 Å². The molecule has 0 bridgehead atoms. The highest BCUT2D eigenvalue weighted by atomic mass is 79.9. The van der Waals surface area contributed by atoms with Crippen LogP contribution in [0.4, 0.5) is 0 Å². The van der Waals surface area contributed by atoms with Crippen LogP contribution < -0.4 is 10.1 Å². The van der Waals surface area contributed by atoms with E-state index in [1.54, 1.807) is 0 Å². The van der Waals surface area contributed by atoms with Crippen LogP contribution in [0.3, 0.4) is 0 Å². The highest BCUT2D eigenvalue weighted by Crippen LogP contribution is 2.29. The molecule has 110 valence electrons. The quantitative estimate of drug-likeness (QED) is 0.864. The second-order valence-electron chi connectivity index (χ2n) is 6.25. The third-order valence-corrected chi connectivity index (χ3v) is 4.99. The minimum Gasteiger partial charge on any atom is -0.493 e. The Labute approximate surface area is 130 Å². The fourth-order valence-corrected chi connectivity index (χ4v) is 3.60. The summed E-state index contributed by atoms with van der Waals surface area (Å²) in [6.45, 7) is 2.06. The van der Waals surface area contributed by atoms with E-state index in [-0.39, 0.29) is 0 Å². The van der Waals surface area contributed by atoms with Gasteiger partial charge in [0.15, 0.2) is 0 Å². The third-order valence-electron chi connectivity index (χ3n) is 4.54. The largest absolute Gasteiger partial charge is 0.493 e. The lowest BCUT2D eigenvalue weighted by Crippen LogP contribution is -2.35. The molecule has 3 heteroatoms. The van der Waals surface area contributed by atoms with E-state index in [2.05, 4.69) is 39.4 Å². The molecular formula is C17H24BrNO. The summed E-state index contributed by atoms with van der Waals surface area (Å²) in [6, 6.07) is 7.18. The summed E-state index contributed by atoms with van der Waals surface area (Å²) in [5, 5.41) is 3.62. The Morgan fingerprint density at radius 1 is 1.10 bits per heavy atom. The minimum absolute atomic E-state index is 0.637. The molecule has 3 rings (SSSR count). The van der Waals surface area contributed by atoms with Crippen molar-refractivity contribution in [1.29, 1.82) is 0 Å². The van der Waals surface area contributed by atoms with E-state index in [1.165, 1.54) is 50.6 Å². The van der Waals surface area contributed by atoms with Gasteiger partial charge in [0.05, 0.1) is 6.61 Å². The molecular weight excluding hydrogens is 314 g/mol. The number of piperidine rings is 1. The zero-order chi connectivity index (χ0) is 13.8. The summed E-state index contributed by atoms with van der Waals surface area (Å²) in [5.74, 6) is 1.81. The van der Waals surface area contributed by atoms with Crippen molar-refractivity contribution in [2.24, 2.45) is 5.92 Å². The van der Waals surface area contributed by atoms with Crippen molar-refractivity contribution in [1.82, 2.24) is 5.32 Å². The maximum atomic E-state index is 5.97. The Bertz CT molecular complexity index is 439. The average molecular weight is 338 g/mol. The van der Waals surface area contributed by atoms with Crippen LogP contribution in [0, 0.1) is 5.92 Å². The Balaban J connectivity index is 1.59. The molecule has 1 N–H and O–H groups in total. The molecule has 1 saturated heterocycles. The number of ether oxygens (including phenoxy) is 1. The van der Waals surface area contributed by atoms with Gasteiger partial charge in [-0.3, -0.25) is 0 Å². The van der Waals surface area contributed by atoms with Gasteiger partial charge in [-0.25, -0.2) is 0 Å². The van der Waals surface area contributed by atoms with E-state index in [1.807, 2.05) is 0 Å². The Kier molecular flexibility index (Phi) is 5.00. The summed E-state index contributed by atoms with van der Waals surface area (Å²) < 4.78 is 7.10. The van der Waals surface area contributed by atoms with E-state index in [0.29, 0.717) is 6.04 Å². The SMILES string of the molecule is Brc1cc(CC2CCCCN2)cc(OCC2CCC2)c1. The van der Waals surface area contributed by atoms with Crippen LogP contribution in [-0.4, -0.2) is 19.2 Å². The molecule has 2 fully saturated rings. The number of rotatable bonds is 5. The van der Waals surface area contributed by atoms with Crippen molar-refractivity contribution in [3.05, 3.63) is 28.2 Å². The van der Waals surface area contributed by atoms with Crippen LogP contribution >= 0.6 is 15.9 Å². The van der Waals surface area contributed by atoms with Gasteiger partial charge in [0.1, 0.15) is 5.75 Å². The summed E-state index contributed by atoms with van der Waals surface area (Å²) in [4.78, 5) is 0. The predicted molar refractivity (Wildman–Crippen MR) is 86.3 cm³/mol. The van der Waals surface area contributed by atoms with Gasteiger partial charge < -0.3 is 10.1 Å². The normalized spacial score (nSPS) is 23.4. The van der Waals surface area contributed by atoms with Gasteiger partial charge in [0.25, 0.3) is 0 Å². The zero-order valence-corrected chi connectivity index (χ0v) is 13.6. The van der Waals surface area contributed by atoms with Gasteiger partial charge in [-0.1, -0.05) is 28.8 Å². The van der Waals surface area contributed by atoms with Crippen LogP contribution in [0.15, 0.2) is 22.7 Å². The number of halogens is 1. The van der Waals surface area contributed by atoms with E-state index in [4.69, 9.17) is 4.74 Å². The first-order valence-corrected chi connectivity index (χ1v) is 8.74. The first-order chi connectivity index (χ1) is 9.79. The van der Waals surface area contributed by atoms with E-state index in [9.17, 15) is 0 Å². The lowest BCUT2D eigenvalue weighted by molar-refractivity contribution is 0.180. The van der Waals surface area contributed by atoms with Crippen LogP contribution in [0.1, 0.15) is 44.1 Å². The molecule has 0 aromatic heterocycles. The average Bonchev–Trinajstić information content (AvgIpc) is 2.37. The minimum atomic E-state index is 0.637. The molecule has 0 radical (unpaired) electrons. The van der Waals surface area contributed by atoms with Gasteiger partial charge in [0, 0.05) is 10.5 Å². The van der Waals surface area contributed by atoms with Crippen molar-refractivity contribution in [2.75, 3.05) is 13.2 Å². The number of benzene rings is 1. The maximum absolute atomic E-state index is 5.97. The molecule has 20 heavy (non-hydrogen) atoms. The van der Waals surface area contributed by atoms with Gasteiger partial charge in [-0.05, 0) is 68.3 Å². The molecule has 1 aliphatic heterocycles. The fraction of sp³-hybridized carbons (Fsp3) is 0.647. The first-order valence-electron chi connectivity index (χ1n) is 7.95. The number of hydrogen-bond acceptors (Lipinski definition) is 2. The van der Waals surface area contributed by atoms with Crippen LogP contribution in [0.2, 0.25) is 0 Å². The first kappa shape index (κ1) is 14.4. The van der Waals surface area contributed by atoms with Crippen molar-refractivity contribution < 1.29 is 4.74 Å². The zero-order valence-electron chi connectivity index (χ0n) is 12.0. The van der Waals surface area contributed by atoms with E-state index in [0.717, 1.165) is 29.2 Å². The lowest BCUT2D eigenvalue weighted by atomic mass is 9.86. The molecule has 2 aliphatic rings. The van der Waals surface area contributed by atoms with Crippen LogP contribution in [-0.2, 0) is 6.42 Å². The molecule has 1 atom stereocenters. The standard InChI is InChI=1S/C17H24BrNO/c18-15-8-14(9-16-6-1-2-7-19-16)10-17(11-15)20-12-13-4-3-5-13/h8,10-11,13,16,19H,1-7,9,12H2. The number of nitrogens with one attached hydrogen (secondary N) is 1. The van der Waals surface area contributed by atoms with Crippen molar-refractivity contribution in [3.8, 4) is 5.75 Å². The van der Waals surface area contributed by atoms with E-state index >= 15 is 0 Å². The monoisotopic (exact) mass is 337 g/mol. The second-order valence-corrected chi connectivity index (χ2v) is 7.17. The van der Waals surface area contributed by atoms with Gasteiger partial charge >= 0.3 is 0 Å². The summed E-state index contributed by atoms with van der Waals surface area (Å²) in [5.41, 5.74) is 1.38. The number of hydrogen-bond donors (Lipinski definition) is 1. The van der Waals surface area contributed by atoms with Gasteiger partial charge in [-0.2, -0.15) is 0 Å². The Morgan fingerprint density at radius 3 is 2.70 bits per heavy atom. The second kappa shape index (κ2) is 6.95. The smallest absolute Gasteiger partial charge is 0.120 e. The summed E-state index contributed by atoms with van der Waals surface area (Å²) in [7, 11) is 0. The molecule has 1 aromatic rings. The molecule has 1 aromatic carbocycles. The van der Waals surface area contributed by atoms with Crippen molar-refractivity contribution >= 4 is 15.9 Å². The lowest BCUT2D eigenvalue weighted by Gasteiger charge is -2.26.